The van der Waals surface area contributed by atoms with Crippen LogP contribution in [0.1, 0.15) is 0 Å². The molecule has 0 amide bonds. The quantitative estimate of drug-likeness (QED) is 0.704. The maximum atomic E-state index is 9.01. The summed E-state index contributed by atoms with van der Waals surface area (Å²) >= 11 is 0. The molecule has 2 aromatic heterocycles. The topological polar surface area (TPSA) is 87.3 Å². The molecule has 7 nitrogen and oxygen atoms in total. The van der Waals surface area contributed by atoms with Gasteiger partial charge >= 0.3 is 0 Å². The standard InChI is InChI=1S/C10H15N5O2/c1-14-7-13-8-9(14)11-6-12-10(8)15(2-4-16)3-5-17/h6-7,16-17H,2-5H2,1H3. The highest BCUT2D eigenvalue weighted by molar-refractivity contribution is 5.83. The van der Waals surface area contributed by atoms with Crippen molar-refractivity contribution in [2.45, 2.75) is 0 Å². The van der Waals surface area contributed by atoms with Crippen molar-refractivity contribution in [1.82, 2.24) is 19.5 Å². The van der Waals surface area contributed by atoms with E-state index >= 15 is 0 Å². The number of fused-ring (bicyclic) bond motifs is 1. The Morgan fingerprint density at radius 3 is 2.53 bits per heavy atom. The molecule has 0 unspecified atom stereocenters. The zero-order valence-corrected chi connectivity index (χ0v) is 9.61. The molecule has 0 aliphatic rings. The molecule has 0 saturated heterocycles. The second kappa shape index (κ2) is 5.07. The molecule has 0 spiro atoms. The zero-order valence-electron chi connectivity index (χ0n) is 9.61. The zero-order chi connectivity index (χ0) is 12.3. The third-order valence-electron chi connectivity index (χ3n) is 2.52. The van der Waals surface area contributed by atoms with Gasteiger partial charge in [0.2, 0.25) is 0 Å². The van der Waals surface area contributed by atoms with Crippen LogP contribution in [-0.2, 0) is 7.05 Å². The molecule has 92 valence electrons. The number of rotatable bonds is 5. The molecule has 2 aromatic rings. The second-order valence-corrected chi connectivity index (χ2v) is 3.66. The van der Waals surface area contributed by atoms with E-state index in [1.165, 1.54) is 6.33 Å². The van der Waals surface area contributed by atoms with E-state index in [1.807, 2.05) is 7.05 Å². The molecule has 0 bridgehead atoms. The van der Waals surface area contributed by atoms with Crippen LogP contribution in [0.4, 0.5) is 5.82 Å². The van der Waals surface area contributed by atoms with Crippen LogP contribution in [0, 0.1) is 0 Å². The van der Waals surface area contributed by atoms with E-state index < -0.39 is 0 Å². The first-order chi connectivity index (χ1) is 8.27. The maximum Gasteiger partial charge on any atom is 0.165 e. The first-order valence-corrected chi connectivity index (χ1v) is 5.36. The molecule has 17 heavy (non-hydrogen) atoms. The van der Waals surface area contributed by atoms with E-state index in [-0.39, 0.29) is 13.2 Å². The number of hydrogen-bond acceptors (Lipinski definition) is 6. The summed E-state index contributed by atoms with van der Waals surface area (Å²) in [6.45, 7) is 0.809. The minimum Gasteiger partial charge on any atom is -0.395 e. The lowest BCUT2D eigenvalue weighted by Gasteiger charge is -2.21. The normalized spacial score (nSPS) is 11.0. The van der Waals surface area contributed by atoms with Gasteiger partial charge in [-0.2, -0.15) is 0 Å². The van der Waals surface area contributed by atoms with Crippen LogP contribution in [0.15, 0.2) is 12.7 Å². The van der Waals surface area contributed by atoms with Crippen molar-refractivity contribution in [2.24, 2.45) is 7.05 Å². The first kappa shape index (κ1) is 11.7. The van der Waals surface area contributed by atoms with E-state index in [1.54, 1.807) is 15.8 Å². The first-order valence-electron chi connectivity index (χ1n) is 5.36. The third kappa shape index (κ3) is 2.20. The highest BCUT2D eigenvalue weighted by atomic mass is 16.3. The van der Waals surface area contributed by atoms with Crippen molar-refractivity contribution in [3.63, 3.8) is 0 Å². The fourth-order valence-corrected chi connectivity index (χ4v) is 1.73. The molecule has 0 atom stereocenters. The van der Waals surface area contributed by atoms with E-state index in [0.717, 1.165) is 5.65 Å². The Morgan fingerprint density at radius 2 is 1.88 bits per heavy atom. The van der Waals surface area contributed by atoms with Crippen LogP contribution in [0.5, 0.6) is 0 Å². The Balaban J connectivity index is 2.44. The van der Waals surface area contributed by atoms with Crippen LogP contribution in [0.25, 0.3) is 11.2 Å². The van der Waals surface area contributed by atoms with Gasteiger partial charge in [0.05, 0.1) is 19.5 Å². The number of anilines is 1. The summed E-state index contributed by atoms with van der Waals surface area (Å²) in [5, 5.41) is 18.0. The molecular formula is C10H15N5O2. The molecule has 2 rings (SSSR count). The van der Waals surface area contributed by atoms with Gasteiger partial charge in [-0.05, 0) is 0 Å². The Bertz CT molecular complexity index is 492. The summed E-state index contributed by atoms with van der Waals surface area (Å²) in [7, 11) is 1.86. The van der Waals surface area contributed by atoms with Crippen LogP contribution in [-0.4, -0.2) is 56.0 Å². The Kier molecular flexibility index (Phi) is 3.50. The van der Waals surface area contributed by atoms with E-state index in [9.17, 15) is 0 Å². The number of imidazole rings is 1. The molecule has 0 fully saturated rings. The van der Waals surface area contributed by atoms with E-state index in [4.69, 9.17) is 10.2 Å². The van der Waals surface area contributed by atoms with Gasteiger partial charge < -0.3 is 19.7 Å². The third-order valence-corrected chi connectivity index (χ3v) is 2.52. The molecular weight excluding hydrogens is 222 g/mol. The molecule has 0 aromatic carbocycles. The molecule has 0 radical (unpaired) electrons. The molecule has 2 heterocycles. The molecule has 0 aliphatic carbocycles. The minimum absolute atomic E-state index is 0.00166. The molecule has 0 saturated carbocycles. The smallest absolute Gasteiger partial charge is 0.165 e. The van der Waals surface area contributed by atoms with Gasteiger partial charge in [0.1, 0.15) is 6.33 Å². The number of hydrogen-bond donors (Lipinski definition) is 2. The van der Waals surface area contributed by atoms with Crippen molar-refractivity contribution in [1.29, 1.82) is 0 Å². The van der Waals surface area contributed by atoms with Crippen molar-refractivity contribution in [3.05, 3.63) is 12.7 Å². The van der Waals surface area contributed by atoms with Gasteiger partial charge in [0.25, 0.3) is 0 Å². The predicted octanol–water partition coefficient (Wildman–Crippen LogP) is -0.846. The van der Waals surface area contributed by atoms with Crippen molar-refractivity contribution in [3.8, 4) is 0 Å². The summed E-state index contributed by atoms with van der Waals surface area (Å²) in [5.74, 6) is 0.638. The second-order valence-electron chi connectivity index (χ2n) is 3.66. The highest BCUT2D eigenvalue weighted by Crippen LogP contribution is 2.20. The minimum atomic E-state index is -0.00166. The number of aromatic nitrogens is 4. The number of aliphatic hydroxyl groups is 2. The maximum absolute atomic E-state index is 9.01. The van der Waals surface area contributed by atoms with Crippen molar-refractivity contribution >= 4 is 17.0 Å². The Labute approximate surface area is 98.4 Å². The van der Waals surface area contributed by atoms with E-state index in [2.05, 4.69) is 15.0 Å². The molecule has 7 heteroatoms. The summed E-state index contributed by atoms with van der Waals surface area (Å²) in [5.41, 5.74) is 1.41. The van der Waals surface area contributed by atoms with Crippen LogP contribution in [0.2, 0.25) is 0 Å². The van der Waals surface area contributed by atoms with Crippen LogP contribution >= 0.6 is 0 Å². The van der Waals surface area contributed by atoms with Crippen molar-refractivity contribution in [2.75, 3.05) is 31.2 Å². The Hall–Kier alpha value is -1.73. The number of aliphatic hydroxyl groups excluding tert-OH is 2. The van der Waals surface area contributed by atoms with Gasteiger partial charge in [-0.1, -0.05) is 0 Å². The van der Waals surface area contributed by atoms with Crippen molar-refractivity contribution < 1.29 is 10.2 Å². The van der Waals surface area contributed by atoms with Crippen LogP contribution in [0.3, 0.4) is 0 Å². The number of nitrogens with zero attached hydrogens (tertiary/aromatic N) is 5. The van der Waals surface area contributed by atoms with E-state index in [0.29, 0.717) is 24.4 Å². The summed E-state index contributed by atoms with van der Waals surface area (Å²) in [6, 6.07) is 0. The number of aryl methyl sites for hydroxylation is 1. The fourth-order valence-electron chi connectivity index (χ4n) is 1.73. The average Bonchev–Trinajstić information content (AvgIpc) is 2.71. The molecule has 2 N–H and O–H groups in total. The predicted molar refractivity (Wildman–Crippen MR) is 62.7 cm³/mol. The molecule has 0 aliphatic heterocycles. The van der Waals surface area contributed by atoms with Crippen LogP contribution < -0.4 is 4.90 Å². The fraction of sp³-hybridized carbons (Fsp3) is 0.500. The lowest BCUT2D eigenvalue weighted by atomic mass is 10.4. The monoisotopic (exact) mass is 237 g/mol. The SMILES string of the molecule is Cn1cnc2c(N(CCO)CCO)ncnc21. The lowest BCUT2D eigenvalue weighted by molar-refractivity contribution is 0.281. The van der Waals surface area contributed by atoms with Gasteiger partial charge in [-0.25, -0.2) is 15.0 Å². The average molecular weight is 237 g/mol. The van der Waals surface area contributed by atoms with Gasteiger partial charge in [-0.15, -0.1) is 0 Å². The lowest BCUT2D eigenvalue weighted by Crippen LogP contribution is -2.30. The summed E-state index contributed by atoms with van der Waals surface area (Å²) < 4.78 is 1.80. The van der Waals surface area contributed by atoms with Gasteiger partial charge in [0, 0.05) is 20.1 Å². The summed E-state index contributed by atoms with van der Waals surface area (Å²) in [4.78, 5) is 14.3. The highest BCUT2D eigenvalue weighted by Gasteiger charge is 2.14. The van der Waals surface area contributed by atoms with Gasteiger partial charge in [-0.3, -0.25) is 0 Å². The Morgan fingerprint density at radius 1 is 1.18 bits per heavy atom. The van der Waals surface area contributed by atoms with Gasteiger partial charge in [0.15, 0.2) is 17.0 Å². The largest absolute Gasteiger partial charge is 0.395 e. The summed E-state index contributed by atoms with van der Waals surface area (Å²) in [6.07, 6.45) is 3.13.